The first-order valence-corrected chi connectivity index (χ1v) is 10.8. The fourth-order valence-electron chi connectivity index (χ4n) is 3.08. The van der Waals surface area contributed by atoms with E-state index in [4.69, 9.17) is 13.3 Å². The van der Waals surface area contributed by atoms with Crippen molar-refractivity contribution in [2.45, 2.75) is 77.8 Å². The molecule has 1 N–H and O–H groups in total. The van der Waals surface area contributed by atoms with Gasteiger partial charge in [-0.3, -0.25) is 0 Å². The number of hydrogen-bond donors (Lipinski definition) is 1. The molecule has 1 saturated carbocycles. The molecule has 0 spiro atoms. The van der Waals surface area contributed by atoms with E-state index in [9.17, 15) is 0 Å². The Morgan fingerprint density at radius 2 is 1.43 bits per heavy atom. The first-order chi connectivity index (χ1) is 10.3. The van der Waals surface area contributed by atoms with Gasteiger partial charge in [-0.15, -0.1) is 0 Å². The molecule has 0 aromatic heterocycles. The van der Waals surface area contributed by atoms with E-state index in [1.807, 2.05) is 20.8 Å². The van der Waals surface area contributed by atoms with Crippen molar-refractivity contribution in [2.24, 2.45) is 0 Å². The van der Waals surface area contributed by atoms with E-state index in [0.29, 0.717) is 19.8 Å². The fraction of sp³-hybridized carbons (Fsp3) is 1.00. The van der Waals surface area contributed by atoms with E-state index in [-0.39, 0.29) is 0 Å². The van der Waals surface area contributed by atoms with Crippen molar-refractivity contribution in [3.63, 3.8) is 0 Å². The van der Waals surface area contributed by atoms with Crippen LogP contribution in [0, 0.1) is 0 Å². The van der Waals surface area contributed by atoms with Crippen molar-refractivity contribution in [2.75, 3.05) is 26.4 Å². The molecule has 1 fully saturated rings. The second-order valence-corrected chi connectivity index (χ2v) is 8.46. The monoisotopic (exact) mass is 317 g/mol. The van der Waals surface area contributed by atoms with Gasteiger partial charge in [0, 0.05) is 31.9 Å². The van der Waals surface area contributed by atoms with Crippen molar-refractivity contribution < 1.29 is 13.3 Å². The summed E-state index contributed by atoms with van der Waals surface area (Å²) in [6.45, 7) is 9.18. The summed E-state index contributed by atoms with van der Waals surface area (Å²) in [5.41, 5.74) is 0. The molecule has 1 aliphatic rings. The fourth-order valence-corrected chi connectivity index (χ4v) is 5.77. The van der Waals surface area contributed by atoms with Gasteiger partial charge in [-0.05, 0) is 53.0 Å². The lowest BCUT2D eigenvalue weighted by atomic mass is 9.95. The van der Waals surface area contributed by atoms with Gasteiger partial charge < -0.3 is 18.6 Å². The molecule has 0 amide bonds. The highest BCUT2D eigenvalue weighted by Crippen LogP contribution is 2.20. The molecule has 0 unspecified atom stereocenters. The maximum Gasteiger partial charge on any atom is 0.500 e. The van der Waals surface area contributed by atoms with Crippen LogP contribution in [0.25, 0.3) is 0 Å². The zero-order chi connectivity index (χ0) is 15.4. The van der Waals surface area contributed by atoms with Crippen LogP contribution in [0.4, 0.5) is 0 Å². The minimum Gasteiger partial charge on any atom is -0.374 e. The number of nitrogens with one attached hydrogen (secondary N) is 1. The van der Waals surface area contributed by atoms with Crippen LogP contribution >= 0.6 is 0 Å². The summed E-state index contributed by atoms with van der Waals surface area (Å²) in [5, 5.41) is 3.70. The van der Waals surface area contributed by atoms with Crippen LogP contribution in [0.3, 0.4) is 0 Å². The summed E-state index contributed by atoms with van der Waals surface area (Å²) in [4.78, 5) is 0. The summed E-state index contributed by atoms with van der Waals surface area (Å²) in [6, 6.07) is 1.70. The lowest BCUT2D eigenvalue weighted by Gasteiger charge is -2.28. The third-order valence-electron chi connectivity index (χ3n) is 4.04. The smallest absolute Gasteiger partial charge is 0.374 e. The van der Waals surface area contributed by atoms with E-state index in [1.54, 1.807) is 0 Å². The topological polar surface area (TPSA) is 39.7 Å². The van der Waals surface area contributed by atoms with Gasteiger partial charge >= 0.3 is 8.80 Å². The highest BCUT2D eigenvalue weighted by Gasteiger charge is 2.39. The summed E-state index contributed by atoms with van der Waals surface area (Å²) >= 11 is 0. The van der Waals surface area contributed by atoms with Crippen molar-refractivity contribution in [3.8, 4) is 0 Å². The molecule has 126 valence electrons. The maximum atomic E-state index is 5.88. The number of rotatable bonds is 12. The van der Waals surface area contributed by atoms with Gasteiger partial charge in [0.1, 0.15) is 0 Å². The van der Waals surface area contributed by atoms with Crippen LogP contribution in [0.1, 0.15) is 65.7 Å². The molecule has 0 radical (unpaired) electrons. The van der Waals surface area contributed by atoms with Crippen molar-refractivity contribution in [1.82, 2.24) is 5.32 Å². The van der Waals surface area contributed by atoms with E-state index < -0.39 is 8.80 Å². The first-order valence-electron chi connectivity index (χ1n) is 8.91. The molecule has 1 rings (SSSR count). The lowest BCUT2D eigenvalue weighted by molar-refractivity contribution is 0.0707. The van der Waals surface area contributed by atoms with E-state index in [0.717, 1.165) is 25.1 Å². The molecule has 0 heterocycles. The predicted molar refractivity (Wildman–Crippen MR) is 89.5 cm³/mol. The highest BCUT2D eigenvalue weighted by atomic mass is 28.4. The molecule has 5 heteroatoms. The Balaban J connectivity index is 2.21. The van der Waals surface area contributed by atoms with Crippen molar-refractivity contribution in [3.05, 3.63) is 0 Å². The Kier molecular flexibility index (Phi) is 10.6. The van der Waals surface area contributed by atoms with Gasteiger partial charge in [0.2, 0.25) is 0 Å². The maximum absolute atomic E-state index is 5.88. The second-order valence-electron chi connectivity index (χ2n) is 5.73. The Morgan fingerprint density at radius 1 is 0.857 bits per heavy atom. The van der Waals surface area contributed by atoms with E-state index in [1.165, 1.54) is 38.5 Å². The summed E-state index contributed by atoms with van der Waals surface area (Å²) in [6.07, 6.45) is 9.22. The third-order valence-corrected chi connectivity index (χ3v) is 7.19. The molecular formula is C16H35NO3Si. The van der Waals surface area contributed by atoms with Crippen LogP contribution in [-0.2, 0) is 13.3 Å². The summed E-state index contributed by atoms with van der Waals surface area (Å²) < 4.78 is 17.6. The normalized spacial score (nSPS) is 17.3. The lowest BCUT2D eigenvalue weighted by Crippen LogP contribution is -2.46. The average molecular weight is 318 g/mol. The zero-order valence-electron chi connectivity index (χ0n) is 14.3. The summed E-state index contributed by atoms with van der Waals surface area (Å²) in [7, 11) is -2.41. The molecule has 1 aliphatic carbocycles. The Labute approximate surface area is 132 Å². The molecular weight excluding hydrogens is 282 g/mol. The quantitative estimate of drug-likeness (QED) is 0.440. The molecule has 0 aromatic rings. The highest BCUT2D eigenvalue weighted by molar-refractivity contribution is 6.60. The summed E-state index contributed by atoms with van der Waals surface area (Å²) in [5.74, 6) is 0. The first kappa shape index (κ1) is 19.1. The standard InChI is InChI=1S/C16H35NO3Si/c1-4-18-21(19-5-2,20-6-3)15-11-10-14-17-16-12-8-7-9-13-16/h16-17H,4-15H2,1-3H3. The van der Waals surface area contributed by atoms with E-state index >= 15 is 0 Å². The number of unbranched alkanes of at least 4 members (excludes halogenated alkanes) is 1. The van der Waals surface area contributed by atoms with E-state index in [2.05, 4.69) is 5.32 Å². The Morgan fingerprint density at radius 3 is 1.95 bits per heavy atom. The SMILES string of the molecule is CCO[Si](CCCCNC1CCCCC1)(OCC)OCC. The zero-order valence-corrected chi connectivity index (χ0v) is 15.3. The van der Waals surface area contributed by atoms with Crippen LogP contribution < -0.4 is 5.32 Å². The van der Waals surface area contributed by atoms with Crippen molar-refractivity contribution in [1.29, 1.82) is 0 Å². The van der Waals surface area contributed by atoms with Gasteiger partial charge in [-0.25, -0.2) is 0 Å². The van der Waals surface area contributed by atoms with Gasteiger partial charge in [0.05, 0.1) is 0 Å². The largest absolute Gasteiger partial charge is 0.500 e. The van der Waals surface area contributed by atoms with Crippen LogP contribution in [0.2, 0.25) is 6.04 Å². The second kappa shape index (κ2) is 11.6. The molecule has 0 bridgehead atoms. The molecule has 0 atom stereocenters. The molecule has 0 aromatic carbocycles. The van der Waals surface area contributed by atoms with Crippen LogP contribution in [0.5, 0.6) is 0 Å². The van der Waals surface area contributed by atoms with Gasteiger partial charge in [0.25, 0.3) is 0 Å². The van der Waals surface area contributed by atoms with Crippen LogP contribution in [-0.4, -0.2) is 41.2 Å². The Bertz CT molecular complexity index is 231. The molecule has 0 saturated heterocycles. The van der Waals surface area contributed by atoms with Gasteiger partial charge in [-0.1, -0.05) is 19.3 Å². The molecule has 0 aliphatic heterocycles. The van der Waals surface area contributed by atoms with Crippen LogP contribution in [0.15, 0.2) is 0 Å². The molecule has 21 heavy (non-hydrogen) atoms. The average Bonchev–Trinajstić information content (AvgIpc) is 2.49. The predicted octanol–water partition coefficient (Wildman–Crippen LogP) is 3.74. The number of hydrogen-bond acceptors (Lipinski definition) is 4. The minimum atomic E-state index is -2.41. The van der Waals surface area contributed by atoms with Gasteiger partial charge in [0.15, 0.2) is 0 Å². The van der Waals surface area contributed by atoms with Crippen molar-refractivity contribution >= 4 is 8.80 Å². The van der Waals surface area contributed by atoms with Gasteiger partial charge in [-0.2, -0.15) is 0 Å². The molecule has 4 nitrogen and oxygen atoms in total. The Hall–Kier alpha value is 0.0569. The third kappa shape index (κ3) is 7.75. The minimum absolute atomic E-state index is 0.673.